The smallest absolute Gasteiger partial charge is 0.352 e. The van der Waals surface area contributed by atoms with Gasteiger partial charge in [0.1, 0.15) is 18.0 Å². The molecule has 26 heavy (non-hydrogen) atoms. The summed E-state index contributed by atoms with van der Waals surface area (Å²) in [5.41, 5.74) is 1.91. The molecule has 138 valence electrons. The molecular weight excluding hydrogens is 336 g/mol. The number of nitrogens with zero attached hydrogens (tertiary/aromatic N) is 4. The third-order valence-corrected chi connectivity index (χ3v) is 3.06. The molecule has 1 aromatic rings. The van der Waals surface area contributed by atoms with E-state index in [0.29, 0.717) is 22.7 Å². The van der Waals surface area contributed by atoms with Gasteiger partial charge in [-0.1, -0.05) is 41.0 Å². The number of benzene rings is 1. The van der Waals surface area contributed by atoms with Crippen LogP contribution in [0.4, 0.5) is 10.5 Å². The number of carbonyl (C=O) groups is 1. The average molecular weight is 358 g/mol. The van der Waals surface area contributed by atoms with E-state index in [0.717, 1.165) is 10.0 Å². The number of anilines is 1. The SMILES string of the molecule is C#CCO/N=C(C=C)/C(C)=N/OCc1ccccc1N(N)C(=O)N(C)N. The molecule has 0 unspecified atom stereocenters. The predicted molar refractivity (Wildman–Crippen MR) is 101 cm³/mol. The first-order valence-corrected chi connectivity index (χ1v) is 7.50. The van der Waals surface area contributed by atoms with Crippen LogP contribution in [0, 0.1) is 12.3 Å². The molecule has 9 nitrogen and oxygen atoms in total. The van der Waals surface area contributed by atoms with Gasteiger partial charge in [-0.2, -0.15) is 0 Å². The van der Waals surface area contributed by atoms with Crippen LogP contribution in [-0.2, 0) is 16.3 Å². The molecule has 2 amide bonds. The molecule has 0 bridgehead atoms. The number of hydrogen-bond donors (Lipinski definition) is 2. The minimum Gasteiger partial charge on any atom is -0.391 e. The number of urea groups is 1. The number of nitrogens with two attached hydrogens (primary N) is 2. The van der Waals surface area contributed by atoms with Gasteiger partial charge >= 0.3 is 6.03 Å². The van der Waals surface area contributed by atoms with Crippen LogP contribution in [0.25, 0.3) is 0 Å². The van der Waals surface area contributed by atoms with Gasteiger partial charge in [-0.15, -0.1) is 6.42 Å². The highest BCUT2D eigenvalue weighted by Gasteiger charge is 2.17. The Bertz CT molecular complexity index is 736. The Balaban J connectivity index is 2.85. The Hall–Kier alpha value is -3.35. The summed E-state index contributed by atoms with van der Waals surface area (Å²) in [5, 5.41) is 9.56. The summed E-state index contributed by atoms with van der Waals surface area (Å²) in [7, 11) is 1.40. The number of allylic oxidation sites excluding steroid dienone is 1. The fourth-order valence-electron chi connectivity index (χ4n) is 1.78. The maximum Gasteiger partial charge on any atom is 0.352 e. The monoisotopic (exact) mass is 358 g/mol. The Labute approximate surface area is 152 Å². The van der Waals surface area contributed by atoms with Crippen LogP contribution < -0.4 is 16.7 Å². The van der Waals surface area contributed by atoms with Crippen LogP contribution in [0.2, 0.25) is 0 Å². The molecule has 0 radical (unpaired) electrons. The quantitative estimate of drug-likeness (QED) is 0.182. The third kappa shape index (κ3) is 5.94. The Kier molecular flexibility index (Phi) is 8.36. The Morgan fingerprint density at radius 3 is 2.65 bits per heavy atom. The van der Waals surface area contributed by atoms with Crippen LogP contribution >= 0.6 is 0 Å². The van der Waals surface area contributed by atoms with Gasteiger partial charge in [0.25, 0.3) is 0 Å². The summed E-state index contributed by atoms with van der Waals surface area (Å²) in [4.78, 5) is 22.1. The summed E-state index contributed by atoms with van der Waals surface area (Å²) in [6.07, 6.45) is 6.54. The maximum atomic E-state index is 11.9. The first-order valence-electron chi connectivity index (χ1n) is 7.50. The topological polar surface area (TPSA) is 119 Å². The molecular formula is C17H22N6O3. The van der Waals surface area contributed by atoms with Crippen molar-refractivity contribution in [1.82, 2.24) is 5.01 Å². The molecule has 0 saturated carbocycles. The zero-order valence-corrected chi connectivity index (χ0v) is 14.8. The highest BCUT2D eigenvalue weighted by molar-refractivity contribution is 6.45. The van der Waals surface area contributed by atoms with Crippen molar-refractivity contribution in [2.75, 3.05) is 18.7 Å². The van der Waals surface area contributed by atoms with E-state index in [2.05, 4.69) is 22.8 Å². The van der Waals surface area contributed by atoms with E-state index in [9.17, 15) is 4.79 Å². The summed E-state index contributed by atoms with van der Waals surface area (Å²) >= 11 is 0. The van der Waals surface area contributed by atoms with Crippen molar-refractivity contribution in [2.24, 2.45) is 22.0 Å². The van der Waals surface area contributed by atoms with Crippen molar-refractivity contribution >= 4 is 23.1 Å². The molecule has 1 aromatic carbocycles. The fraction of sp³-hybridized carbons (Fsp3) is 0.235. The van der Waals surface area contributed by atoms with Crippen molar-refractivity contribution in [3.8, 4) is 12.3 Å². The molecule has 1 rings (SSSR count). The largest absolute Gasteiger partial charge is 0.391 e. The van der Waals surface area contributed by atoms with Crippen LogP contribution in [0.5, 0.6) is 0 Å². The average Bonchev–Trinajstić information content (AvgIpc) is 2.64. The molecule has 4 N–H and O–H groups in total. The number of oxime groups is 2. The van der Waals surface area contributed by atoms with Gasteiger partial charge in [0.2, 0.25) is 0 Å². The van der Waals surface area contributed by atoms with Crippen molar-refractivity contribution < 1.29 is 14.5 Å². The minimum atomic E-state index is -0.580. The van der Waals surface area contributed by atoms with E-state index in [-0.39, 0.29) is 13.2 Å². The molecule has 0 heterocycles. The number of para-hydroxylation sites is 1. The summed E-state index contributed by atoms with van der Waals surface area (Å²) in [6, 6.07) is 6.36. The molecule has 0 aromatic heterocycles. The second-order valence-electron chi connectivity index (χ2n) is 5.00. The van der Waals surface area contributed by atoms with E-state index in [1.807, 2.05) is 0 Å². The first-order chi connectivity index (χ1) is 12.4. The van der Waals surface area contributed by atoms with Crippen LogP contribution in [0.1, 0.15) is 12.5 Å². The van der Waals surface area contributed by atoms with Gasteiger partial charge in [0, 0.05) is 12.6 Å². The van der Waals surface area contributed by atoms with Gasteiger partial charge in [0.15, 0.2) is 6.61 Å². The van der Waals surface area contributed by atoms with Crippen molar-refractivity contribution in [3.63, 3.8) is 0 Å². The van der Waals surface area contributed by atoms with E-state index in [4.69, 9.17) is 27.8 Å². The van der Waals surface area contributed by atoms with Crippen molar-refractivity contribution in [3.05, 3.63) is 42.5 Å². The number of hydrogen-bond acceptors (Lipinski definition) is 7. The number of hydrazine groups is 2. The summed E-state index contributed by atoms with van der Waals surface area (Å²) < 4.78 is 0. The number of terminal acetylenes is 1. The van der Waals surface area contributed by atoms with E-state index < -0.39 is 6.03 Å². The molecule has 0 spiro atoms. The van der Waals surface area contributed by atoms with Crippen LogP contribution in [0.3, 0.4) is 0 Å². The molecule has 9 heteroatoms. The zero-order chi connectivity index (χ0) is 19.5. The lowest BCUT2D eigenvalue weighted by Crippen LogP contribution is -2.48. The van der Waals surface area contributed by atoms with Crippen molar-refractivity contribution in [2.45, 2.75) is 13.5 Å². The predicted octanol–water partition coefficient (Wildman–Crippen LogP) is 1.38. The number of rotatable bonds is 8. The summed E-state index contributed by atoms with van der Waals surface area (Å²) in [5.74, 6) is 13.5. The van der Waals surface area contributed by atoms with Crippen molar-refractivity contribution in [1.29, 1.82) is 0 Å². The molecule has 0 saturated heterocycles. The van der Waals surface area contributed by atoms with Crippen LogP contribution in [0.15, 0.2) is 47.2 Å². The standard InChI is InChI=1S/C17H22N6O3/c1-5-11-25-21-15(6-2)13(3)20-26-12-14-9-7-8-10-16(14)23(19)17(24)22(4)18/h1,6-10H,2,11-12,18-19H2,3-4H3/b20-13+,21-15+. The van der Waals surface area contributed by atoms with Crippen LogP contribution in [-0.4, -0.2) is 36.1 Å². The number of carbonyl (C=O) groups excluding carboxylic acids is 1. The van der Waals surface area contributed by atoms with Gasteiger partial charge in [-0.3, -0.25) is 5.01 Å². The highest BCUT2D eigenvalue weighted by Crippen LogP contribution is 2.19. The van der Waals surface area contributed by atoms with Gasteiger partial charge in [-0.05, 0) is 19.1 Å². The lowest BCUT2D eigenvalue weighted by molar-refractivity contribution is 0.131. The molecule has 0 atom stereocenters. The lowest BCUT2D eigenvalue weighted by atomic mass is 10.2. The Morgan fingerprint density at radius 1 is 1.35 bits per heavy atom. The van der Waals surface area contributed by atoms with E-state index in [1.165, 1.54) is 13.1 Å². The summed E-state index contributed by atoms with van der Waals surface area (Å²) in [6.45, 7) is 5.40. The first kappa shape index (κ1) is 20.7. The fourth-order valence-corrected chi connectivity index (χ4v) is 1.78. The second kappa shape index (κ2) is 10.5. The molecule has 0 aliphatic rings. The maximum absolute atomic E-state index is 11.9. The van der Waals surface area contributed by atoms with E-state index in [1.54, 1.807) is 31.2 Å². The Morgan fingerprint density at radius 2 is 2.04 bits per heavy atom. The molecule has 0 fully saturated rings. The normalized spacial score (nSPS) is 11.3. The van der Waals surface area contributed by atoms with Gasteiger partial charge in [-0.25, -0.2) is 21.5 Å². The lowest BCUT2D eigenvalue weighted by Gasteiger charge is -2.22. The second-order valence-corrected chi connectivity index (χ2v) is 5.00. The number of amides is 2. The zero-order valence-electron chi connectivity index (χ0n) is 14.8. The minimum absolute atomic E-state index is 0.0365. The van der Waals surface area contributed by atoms with Gasteiger partial charge < -0.3 is 9.68 Å². The molecule has 0 aliphatic carbocycles. The highest BCUT2D eigenvalue weighted by atomic mass is 16.6. The van der Waals surface area contributed by atoms with E-state index >= 15 is 0 Å². The third-order valence-electron chi connectivity index (χ3n) is 3.06. The molecule has 0 aliphatic heterocycles. The van der Waals surface area contributed by atoms with Gasteiger partial charge in [0.05, 0.1) is 5.69 Å².